The summed E-state index contributed by atoms with van der Waals surface area (Å²) in [6.07, 6.45) is 5.78. The smallest absolute Gasteiger partial charge is 0.155 e. The van der Waals surface area contributed by atoms with Crippen LogP contribution in [0.4, 0.5) is 0 Å². The SMILES string of the molecule is CCC1(O)CC2=CC(=O)CCC2C1. The van der Waals surface area contributed by atoms with E-state index in [1.54, 1.807) is 6.08 Å². The van der Waals surface area contributed by atoms with Crippen molar-refractivity contribution in [1.29, 1.82) is 0 Å². The minimum atomic E-state index is -0.513. The van der Waals surface area contributed by atoms with Crippen molar-refractivity contribution in [2.75, 3.05) is 0 Å². The molecule has 0 amide bonds. The summed E-state index contributed by atoms with van der Waals surface area (Å²) in [5.41, 5.74) is 0.682. The molecule has 0 radical (unpaired) electrons. The Morgan fingerprint density at radius 3 is 3.15 bits per heavy atom. The van der Waals surface area contributed by atoms with Crippen LogP contribution in [0.25, 0.3) is 0 Å². The van der Waals surface area contributed by atoms with Crippen molar-refractivity contribution < 1.29 is 9.90 Å². The highest BCUT2D eigenvalue weighted by atomic mass is 16.3. The topological polar surface area (TPSA) is 37.3 Å². The van der Waals surface area contributed by atoms with Crippen LogP contribution >= 0.6 is 0 Å². The van der Waals surface area contributed by atoms with E-state index in [2.05, 4.69) is 0 Å². The first-order chi connectivity index (χ1) is 6.13. The lowest BCUT2D eigenvalue weighted by Crippen LogP contribution is -2.23. The molecule has 0 aromatic carbocycles. The van der Waals surface area contributed by atoms with Crippen LogP contribution in [-0.4, -0.2) is 16.5 Å². The van der Waals surface area contributed by atoms with E-state index in [0.717, 1.165) is 25.7 Å². The second kappa shape index (κ2) is 2.95. The molecule has 0 heterocycles. The summed E-state index contributed by atoms with van der Waals surface area (Å²) in [5.74, 6) is 0.731. The summed E-state index contributed by atoms with van der Waals surface area (Å²) >= 11 is 0. The molecule has 0 aromatic rings. The predicted molar refractivity (Wildman–Crippen MR) is 50.3 cm³/mol. The Morgan fingerprint density at radius 2 is 2.46 bits per heavy atom. The minimum Gasteiger partial charge on any atom is -0.390 e. The Balaban J connectivity index is 2.20. The maximum absolute atomic E-state index is 11.1. The van der Waals surface area contributed by atoms with E-state index in [1.165, 1.54) is 5.57 Å². The number of aliphatic hydroxyl groups is 1. The maximum atomic E-state index is 11.1. The van der Waals surface area contributed by atoms with Crippen molar-refractivity contribution in [3.8, 4) is 0 Å². The summed E-state index contributed by atoms with van der Waals surface area (Å²) in [6, 6.07) is 0. The van der Waals surface area contributed by atoms with E-state index in [1.807, 2.05) is 6.92 Å². The number of hydrogen-bond donors (Lipinski definition) is 1. The fourth-order valence-corrected chi connectivity index (χ4v) is 2.51. The first-order valence-electron chi connectivity index (χ1n) is 5.09. The third-order valence-corrected chi connectivity index (χ3v) is 3.43. The third-order valence-electron chi connectivity index (χ3n) is 3.43. The Labute approximate surface area is 78.6 Å². The van der Waals surface area contributed by atoms with E-state index >= 15 is 0 Å². The summed E-state index contributed by atoms with van der Waals surface area (Å²) in [4.78, 5) is 11.1. The van der Waals surface area contributed by atoms with Crippen molar-refractivity contribution in [1.82, 2.24) is 0 Å². The molecule has 0 saturated heterocycles. The summed E-state index contributed by atoms with van der Waals surface area (Å²) in [5, 5.41) is 10.1. The Kier molecular flexibility index (Phi) is 2.03. The number of allylic oxidation sites excluding steroid dienone is 1. The van der Waals surface area contributed by atoms with Gasteiger partial charge in [0.2, 0.25) is 0 Å². The monoisotopic (exact) mass is 180 g/mol. The molecular formula is C11H16O2. The van der Waals surface area contributed by atoms with Gasteiger partial charge in [0.1, 0.15) is 0 Å². The number of hydrogen-bond acceptors (Lipinski definition) is 2. The lowest BCUT2D eigenvalue weighted by molar-refractivity contribution is -0.115. The van der Waals surface area contributed by atoms with E-state index < -0.39 is 5.60 Å². The zero-order chi connectivity index (χ0) is 9.47. The van der Waals surface area contributed by atoms with Crippen LogP contribution in [-0.2, 0) is 4.79 Å². The highest BCUT2D eigenvalue weighted by Gasteiger charge is 2.40. The molecule has 0 aromatic heterocycles. The molecular weight excluding hydrogens is 164 g/mol. The Bertz CT molecular complexity index is 267. The lowest BCUT2D eigenvalue weighted by atomic mass is 9.89. The van der Waals surface area contributed by atoms with Crippen LogP contribution in [0.15, 0.2) is 11.6 Å². The van der Waals surface area contributed by atoms with Gasteiger partial charge in [-0.2, -0.15) is 0 Å². The molecule has 2 nitrogen and oxygen atoms in total. The van der Waals surface area contributed by atoms with Crippen molar-refractivity contribution in [3.63, 3.8) is 0 Å². The molecule has 13 heavy (non-hydrogen) atoms. The molecule has 2 aliphatic rings. The number of carbonyl (C=O) groups is 1. The standard InChI is InChI=1S/C11H16O2/c1-2-11(13)6-8-3-4-10(12)5-9(8)7-11/h5,8,13H,2-4,6-7H2,1H3. The first kappa shape index (κ1) is 8.95. The molecule has 72 valence electrons. The van der Waals surface area contributed by atoms with Crippen molar-refractivity contribution in [2.24, 2.45) is 5.92 Å². The molecule has 0 bridgehead atoms. The van der Waals surface area contributed by atoms with E-state index in [4.69, 9.17) is 0 Å². The van der Waals surface area contributed by atoms with Crippen LogP contribution in [0.3, 0.4) is 0 Å². The average molecular weight is 180 g/mol. The van der Waals surface area contributed by atoms with Crippen LogP contribution in [0.1, 0.15) is 39.0 Å². The molecule has 1 saturated carbocycles. The largest absolute Gasteiger partial charge is 0.390 e. The van der Waals surface area contributed by atoms with Crippen LogP contribution < -0.4 is 0 Å². The van der Waals surface area contributed by atoms with Gasteiger partial charge in [-0.05, 0) is 37.7 Å². The van der Waals surface area contributed by atoms with Gasteiger partial charge >= 0.3 is 0 Å². The second-order valence-electron chi connectivity index (χ2n) is 4.38. The van der Waals surface area contributed by atoms with Crippen molar-refractivity contribution in [3.05, 3.63) is 11.6 Å². The summed E-state index contributed by atoms with van der Waals surface area (Å²) in [6.45, 7) is 2.01. The molecule has 1 N–H and O–H groups in total. The van der Waals surface area contributed by atoms with Gasteiger partial charge in [0, 0.05) is 6.42 Å². The van der Waals surface area contributed by atoms with Crippen molar-refractivity contribution in [2.45, 2.75) is 44.6 Å². The normalized spacial score (nSPS) is 38.8. The quantitative estimate of drug-likeness (QED) is 0.668. The third kappa shape index (κ3) is 1.55. The van der Waals surface area contributed by atoms with Gasteiger partial charge in [0.25, 0.3) is 0 Å². The lowest BCUT2D eigenvalue weighted by Gasteiger charge is -2.19. The summed E-state index contributed by atoms with van der Waals surface area (Å²) in [7, 11) is 0. The second-order valence-corrected chi connectivity index (χ2v) is 4.38. The van der Waals surface area contributed by atoms with Gasteiger partial charge < -0.3 is 5.11 Å². The van der Waals surface area contributed by atoms with Gasteiger partial charge in [-0.3, -0.25) is 4.79 Å². The predicted octanol–water partition coefficient (Wildman–Crippen LogP) is 1.83. The first-order valence-corrected chi connectivity index (χ1v) is 5.09. The molecule has 2 rings (SSSR count). The molecule has 2 unspecified atom stereocenters. The minimum absolute atomic E-state index is 0.242. The number of fused-ring (bicyclic) bond motifs is 1. The highest BCUT2D eigenvalue weighted by molar-refractivity contribution is 5.91. The van der Waals surface area contributed by atoms with Crippen LogP contribution in [0.2, 0.25) is 0 Å². The van der Waals surface area contributed by atoms with Gasteiger partial charge in [0.05, 0.1) is 5.60 Å². The molecule has 2 atom stereocenters. The molecule has 2 aliphatic carbocycles. The maximum Gasteiger partial charge on any atom is 0.155 e. The van der Waals surface area contributed by atoms with Gasteiger partial charge in [-0.25, -0.2) is 0 Å². The molecule has 1 fully saturated rings. The Hall–Kier alpha value is -0.630. The Morgan fingerprint density at radius 1 is 1.69 bits per heavy atom. The zero-order valence-corrected chi connectivity index (χ0v) is 8.05. The fourth-order valence-electron chi connectivity index (χ4n) is 2.51. The van der Waals surface area contributed by atoms with Gasteiger partial charge in [-0.1, -0.05) is 12.5 Å². The van der Waals surface area contributed by atoms with E-state index in [-0.39, 0.29) is 5.78 Å². The zero-order valence-electron chi connectivity index (χ0n) is 8.05. The van der Waals surface area contributed by atoms with Crippen molar-refractivity contribution >= 4 is 5.78 Å². The van der Waals surface area contributed by atoms with Gasteiger partial charge in [-0.15, -0.1) is 0 Å². The molecule has 0 aliphatic heterocycles. The highest BCUT2D eigenvalue weighted by Crippen LogP contribution is 2.44. The van der Waals surface area contributed by atoms with Gasteiger partial charge in [0.15, 0.2) is 5.78 Å². The number of rotatable bonds is 1. The van der Waals surface area contributed by atoms with E-state index in [9.17, 15) is 9.90 Å². The molecule has 2 heteroatoms. The summed E-state index contributed by atoms with van der Waals surface area (Å²) < 4.78 is 0. The fraction of sp³-hybridized carbons (Fsp3) is 0.727. The van der Waals surface area contributed by atoms with Crippen LogP contribution in [0.5, 0.6) is 0 Å². The molecule has 0 spiro atoms. The average Bonchev–Trinajstić information content (AvgIpc) is 2.42. The van der Waals surface area contributed by atoms with Crippen LogP contribution in [0, 0.1) is 5.92 Å². The number of carbonyl (C=O) groups excluding carboxylic acids is 1. The van der Waals surface area contributed by atoms with E-state index in [0.29, 0.717) is 12.3 Å². The number of ketones is 1.